The quantitative estimate of drug-likeness (QED) is 0.810. The van der Waals surface area contributed by atoms with Crippen molar-refractivity contribution in [2.45, 2.75) is 25.7 Å². The average molecular weight is 364 g/mol. The Labute approximate surface area is 140 Å². The molecule has 3 atom stereocenters. The van der Waals surface area contributed by atoms with Crippen molar-refractivity contribution in [3.8, 4) is 0 Å². The first-order valence-corrected chi connectivity index (χ1v) is 9.15. The molecule has 1 amide bonds. The van der Waals surface area contributed by atoms with Gasteiger partial charge in [-0.1, -0.05) is 6.42 Å². The van der Waals surface area contributed by atoms with E-state index in [0.717, 1.165) is 54.7 Å². The molecular weight excluding hydrogens is 342 g/mol. The van der Waals surface area contributed by atoms with Crippen LogP contribution in [0.5, 0.6) is 0 Å². The molecule has 118 valence electrons. The molecule has 2 saturated heterocycles. The van der Waals surface area contributed by atoms with Gasteiger partial charge >= 0.3 is 0 Å². The molecule has 0 bridgehead atoms. The third-order valence-electron chi connectivity index (χ3n) is 5.61. The van der Waals surface area contributed by atoms with E-state index >= 15 is 0 Å². The van der Waals surface area contributed by atoms with Crippen molar-refractivity contribution in [3.63, 3.8) is 0 Å². The molecule has 0 radical (unpaired) electrons. The molecule has 0 aromatic carbocycles. The molecule has 3 unspecified atom stereocenters. The van der Waals surface area contributed by atoms with Crippen LogP contribution in [0.15, 0.2) is 22.8 Å². The number of carbonyl (C=O) groups excluding carboxylic acids is 1. The molecule has 0 N–H and O–H groups in total. The molecule has 3 fully saturated rings. The van der Waals surface area contributed by atoms with Gasteiger partial charge in [0, 0.05) is 36.8 Å². The lowest BCUT2D eigenvalue weighted by molar-refractivity contribution is -0.134. The molecule has 22 heavy (non-hydrogen) atoms. The Kier molecular flexibility index (Phi) is 3.84. The summed E-state index contributed by atoms with van der Waals surface area (Å²) < 4.78 is 0.992. The number of nitrogens with zero attached hydrogens (tertiary/aromatic N) is 3. The minimum atomic E-state index is 0.157. The molecule has 1 aliphatic carbocycles. The van der Waals surface area contributed by atoms with E-state index in [4.69, 9.17) is 0 Å². The van der Waals surface area contributed by atoms with Gasteiger partial charge in [-0.25, -0.2) is 4.98 Å². The minimum Gasteiger partial charge on any atom is -0.356 e. The Morgan fingerprint density at radius 3 is 2.59 bits per heavy atom. The highest BCUT2D eigenvalue weighted by Crippen LogP contribution is 2.38. The monoisotopic (exact) mass is 363 g/mol. The second-order valence-electron chi connectivity index (χ2n) is 6.96. The van der Waals surface area contributed by atoms with Gasteiger partial charge in [-0.05, 0) is 59.2 Å². The topological polar surface area (TPSA) is 36.4 Å². The van der Waals surface area contributed by atoms with E-state index in [9.17, 15) is 4.79 Å². The number of fused-ring (bicyclic) bond motifs is 1. The van der Waals surface area contributed by atoms with Gasteiger partial charge in [-0.15, -0.1) is 0 Å². The summed E-state index contributed by atoms with van der Waals surface area (Å²) in [4.78, 5) is 21.6. The fourth-order valence-electron chi connectivity index (χ4n) is 4.40. The SMILES string of the molecule is O=C(C1CCN(c2ccc(Br)cn2)C1)N1CC2CCCC2C1. The van der Waals surface area contributed by atoms with Crippen LogP contribution >= 0.6 is 15.9 Å². The zero-order chi connectivity index (χ0) is 15.1. The summed E-state index contributed by atoms with van der Waals surface area (Å²) in [6.45, 7) is 3.78. The number of pyridine rings is 1. The number of rotatable bonds is 2. The van der Waals surface area contributed by atoms with E-state index in [1.807, 2.05) is 18.3 Å². The first kappa shape index (κ1) is 14.5. The number of likely N-dealkylation sites (tertiary alicyclic amines) is 1. The van der Waals surface area contributed by atoms with Crippen molar-refractivity contribution in [2.24, 2.45) is 17.8 Å². The average Bonchev–Trinajstić information content (AvgIpc) is 3.22. The number of aromatic nitrogens is 1. The highest BCUT2D eigenvalue weighted by molar-refractivity contribution is 9.10. The van der Waals surface area contributed by atoms with E-state index in [0.29, 0.717) is 5.91 Å². The van der Waals surface area contributed by atoms with E-state index in [1.54, 1.807) is 0 Å². The van der Waals surface area contributed by atoms with Gasteiger partial charge in [-0.2, -0.15) is 0 Å². The van der Waals surface area contributed by atoms with Gasteiger partial charge in [0.2, 0.25) is 5.91 Å². The fraction of sp³-hybridized carbons (Fsp3) is 0.647. The van der Waals surface area contributed by atoms with Crippen molar-refractivity contribution in [1.29, 1.82) is 0 Å². The molecular formula is C17H22BrN3O. The zero-order valence-corrected chi connectivity index (χ0v) is 14.3. The molecule has 3 aliphatic rings. The zero-order valence-electron chi connectivity index (χ0n) is 12.7. The maximum absolute atomic E-state index is 12.8. The van der Waals surface area contributed by atoms with Crippen LogP contribution in [0.25, 0.3) is 0 Å². The van der Waals surface area contributed by atoms with E-state index < -0.39 is 0 Å². The molecule has 2 aliphatic heterocycles. The summed E-state index contributed by atoms with van der Waals surface area (Å²) in [6.07, 6.45) is 6.81. The van der Waals surface area contributed by atoms with Crippen LogP contribution in [-0.4, -0.2) is 42.0 Å². The second kappa shape index (κ2) is 5.84. The number of anilines is 1. The van der Waals surface area contributed by atoms with Gasteiger partial charge in [0.25, 0.3) is 0 Å². The summed E-state index contributed by atoms with van der Waals surface area (Å²) in [5, 5.41) is 0. The van der Waals surface area contributed by atoms with Crippen LogP contribution in [0, 0.1) is 17.8 Å². The second-order valence-corrected chi connectivity index (χ2v) is 7.88. The summed E-state index contributed by atoms with van der Waals surface area (Å²) >= 11 is 3.42. The van der Waals surface area contributed by atoms with Crippen molar-refractivity contribution in [2.75, 3.05) is 31.1 Å². The molecule has 3 heterocycles. The number of halogens is 1. The Morgan fingerprint density at radius 1 is 1.14 bits per heavy atom. The Bertz CT molecular complexity index is 550. The first-order valence-electron chi connectivity index (χ1n) is 8.36. The maximum Gasteiger partial charge on any atom is 0.227 e. The standard InChI is InChI=1S/C17H22BrN3O/c18-15-4-5-16(19-8-15)20-7-6-14(11-20)17(22)21-9-12-2-1-3-13(12)10-21/h4-5,8,12-14H,1-3,6-7,9-11H2. The van der Waals surface area contributed by atoms with Crippen LogP contribution in [0.1, 0.15) is 25.7 Å². The van der Waals surface area contributed by atoms with E-state index in [1.165, 1.54) is 19.3 Å². The summed E-state index contributed by atoms with van der Waals surface area (Å²) in [6, 6.07) is 4.04. The highest BCUT2D eigenvalue weighted by Gasteiger charge is 2.41. The van der Waals surface area contributed by atoms with E-state index in [-0.39, 0.29) is 5.92 Å². The van der Waals surface area contributed by atoms with Crippen LogP contribution in [0.2, 0.25) is 0 Å². The van der Waals surface area contributed by atoms with Crippen molar-refractivity contribution in [1.82, 2.24) is 9.88 Å². The molecule has 5 heteroatoms. The lowest BCUT2D eigenvalue weighted by Gasteiger charge is -2.22. The summed E-state index contributed by atoms with van der Waals surface area (Å²) in [7, 11) is 0. The van der Waals surface area contributed by atoms with Gasteiger partial charge < -0.3 is 9.80 Å². The number of amides is 1. The number of carbonyl (C=O) groups is 1. The van der Waals surface area contributed by atoms with Crippen molar-refractivity contribution < 1.29 is 4.79 Å². The highest BCUT2D eigenvalue weighted by atomic mass is 79.9. The smallest absolute Gasteiger partial charge is 0.227 e. The molecule has 1 saturated carbocycles. The normalized spacial score (nSPS) is 30.9. The van der Waals surface area contributed by atoms with Crippen LogP contribution in [0.4, 0.5) is 5.82 Å². The lowest BCUT2D eigenvalue weighted by Crippen LogP contribution is -2.36. The van der Waals surface area contributed by atoms with Crippen molar-refractivity contribution in [3.05, 3.63) is 22.8 Å². The first-order chi connectivity index (χ1) is 10.7. The molecule has 4 rings (SSSR count). The van der Waals surface area contributed by atoms with Crippen LogP contribution < -0.4 is 4.90 Å². The van der Waals surface area contributed by atoms with Crippen molar-refractivity contribution >= 4 is 27.7 Å². The predicted octanol–water partition coefficient (Wildman–Crippen LogP) is 2.93. The van der Waals surface area contributed by atoms with Gasteiger partial charge in [0.1, 0.15) is 5.82 Å². The van der Waals surface area contributed by atoms with E-state index in [2.05, 4.69) is 30.7 Å². The fourth-order valence-corrected chi connectivity index (χ4v) is 4.63. The Hall–Kier alpha value is -1.10. The Morgan fingerprint density at radius 2 is 1.91 bits per heavy atom. The molecule has 4 nitrogen and oxygen atoms in total. The van der Waals surface area contributed by atoms with Gasteiger partial charge in [0.15, 0.2) is 0 Å². The van der Waals surface area contributed by atoms with Gasteiger partial charge in [-0.3, -0.25) is 4.79 Å². The lowest BCUT2D eigenvalue weighted by atomic mass is 10.0. The Balaban J connectivity index is 1.38. The van der Waals surface area contributed by atoms with Crippen LogP contribution in [0.3, 0.4) is 0 Å². The van der Waals surface area contributed by atoms with Gasteiger partial charge in [0.05, 0.1) is 5.92 Å². The number of hydrogen-bond acceptors (Lipinski definition) is 3. The molecule has 1 aromatic rings. The minimum absolute atomic E-state index is 0.157. The molecule has 0 spiro atoms. The summed E-state index contributed by atoms with van der Waals surface area (Å²) in [5.41, 5.74) is 0. The summed E-state index contributed by atoms with van der Waals surface area (Å²) in [5.74, 6) is 3.10. The largest absolute Gasteiger partial charge is 0.356 e. The third kappa shape index (κ3) is 2.64. The number of hydrogen-bond donors (Lipinski definition) is 0. The van der Waals surface area contributed by atoms with Crippen LogP contribution in [-0.2, 0) is 4.79 Å². The third-order valence-corrected chi connectivity index (χ3v) is 6.08. The predicted molar refractivity (Wildman–Crippen MR) is 89.7 cm³/mol. The maximum atomic E-state index is 12.8. The molecule has 1 aromatic heterocycles.